The summed E-state index contributed by atoms with van der Waals surface area (Å²) in [6.45, 7) is 8.33. The van der Waals surface area contributed by atoms with Crippen molar-refractivity contribution in [3.8, 4) is 16.9 Å². The maximum absolute atomic E-state index is 12.3. The molecule has 1 N–H and O–H groups in total. The van der Waals surface area contributed by atoms with Crippen molar-refractivity contribution in [3.63, 3.8) is 0 Å². The minimum absolute atomic E-state index is 0.591. The van der Waals surface area contributed by atoms with E-state index in [0.717, 1.165) is 73.4 Å². The summed E-state index contributed by atoms with van der Waals surface area (Å²) in [6, 6.07) is 6.27. The summed E-state index contributed by atoms with van der Waals surface area (Å²) in [5.74, 6) is -0.0416. The number of carbonyl (C=O) groups is 1. The van der Waals surface area contributed by atoms with Gasteiger partial charge in [0, 0.05) is 17.0 Å². The quantitative estimate of drug-likeness (QED) is 0.751. The van der Waals surface area contributed by atoms with Gasteiger partial charge in [-0.15, -0.1) is 0 Å². The third-order valence-electron chi connectivity index (χ3n) is 5.86. The topological polar surface area (TPSA) is 68.7 Å². The first-order valence-corrected chi connectivity index (χ1v) is 10.9. The number of hydrogen-bond acceptors (Lipinski definition) is 4. The second-order valence-corrected chi connectivity index (χ2v) is 9.34. The molecule has 0 spiro atoms. The van der Waals surface area contributed by atoms with Gasteiger partial charge in [0.15, 0.2) is 6.10 Å². The summed E-state index contributed by atoms with van der Waals surface area (Å²) < 4.78 is 11.9. The van der Waals surface area contributed by atoms with Gasteiger partial charge in [0.1, 0.15) is 5.75 Å². The number of aromatic nitrogens is 1. The van der Waals surface area contributed by atoms with Crippen molar-refractivity contribution >= 4 is 5.97 Å². The summed E-state index contributed by atoms with van der Waals surface area (Å²) in [5, 5.41) is 10.1. The number of carboxylic acid groups (broad SMARTS) is 1. The average Bonchev–Trinajstić information content (AvgIpc) is 2.70. The number of rotatable bonds is 4. The summed E-state index contributed by atoms with van der Waals surface area (Å²) >= 11 is 0. The van der Waals surface area contributed by atoms with Gasteiger partial charge in [-0.25, -0.2) is 4.79 Å². The predicted molar refractivity (Wildman–Crippen MR) is 116 cm³/mol. The van der Waals surface area contributed by atoms with Crippen molar-refractivity contribution in [1.82, 2.24) is 4.98 Å². The Kier molecular flexibility index (Phi) is 5.58. The van der Waals surface area contributed by atoms with Crippen LogP contribution in [0.4, 0.5) is 0 Å². The van der Waals surface area contributed by atoms with Crippen molar-refractivity contribution in [2.24, 2.45) is 0 Å². The summed E-state index contributed by atoms with van der Waals surface area (Å²) in [4.78, 5) is 17.2. The highest BCUT2D eigenvalue weighted by atomic mass is 16.5. The number of hydrogen-bond donors (Lipinski definition) is 1. The summed E-state index contributed by atoms with van der Waals surface area (Å²) in [7, 11) is 0. The third kappa shape index (κ3) is 4.08. The number of fused-ring (bicyclic) bond motifs is 2. The zero-order chi connectivity index (χ0) is 21.5. The van der Waals surface area contributed by atoms with E-state index in [4.69, 9.17) is 14.5 Å². The van der Waals surface area contributed by atoms with Crippen LogP contribution in [0.3, 0.4) is 0 Å². The molecule has 0 saturated heterocycles. The van der Waals surface area contributed by atoms with E-state index >= 15 is 0 Å². The molecule has 0 fully saturated rings. The van der Waals surface area contributed by atoms with Crippen LogP contribution < -0.4 is 4.74 Å². The molecule has 5 heteroatoms. The Labute approximate surface area is 178 Å². The SMILES string of the molecule is Cc1nc2c(c(-c3ccc4c(c3)CCCO4)c1[C@H](OC(C)(C)C)C(=O)O)CCCC2. The number of aryl methyl sites for hydroxylation is 3. The van der Waals surface area contributed by atoms with Gasteiger partial charge in [0.25, 0.3) is 0 Å². The largest absolute Gasteiger partial charge is 0.493 e. The maximum Gasteiger partial charge on any atom is 0.337 e. The number of ether oxygens (including phenoxy) is 2. The van der Waals surface area contributed by atoms with Gasteiger partial charge in [-0.3, -0.25) is 4.98 Å². The minimum atomic E-state index is -1.06. The van der Waals surface area contributed by atoms with Crippen LogP contribution in [0.5, 0.6) is 5.75 Å². The predicted octanol–water partition coefficient (Wildman–Crippen LogP) is 5.20. The molecular weight excluding hydrogens is 378 g/mol. The molecule has 1 aliphatic carbocycles. The van der Waals surface area contributed by atoms with Crippen LogP contribution >= 0.6 is 0 Å². The first-order chi connectivity index (χ1) is 14.2. The maximum atomic E-state index is 12.3. The summed E-state index contributed by atoms with van der Waals surface area (Å²) in [6.07, 6.45) is 4.99. The van der Waals surface area contributed by atoms with Crippen LogP contribution in [-0.4, -0.2) is 28.3 Å². The van der Waals surface area contributed by atoms with Gasteiger partial charge in [0.2, 0.25) is 0 Å². The Morgan fingerprint density at radius 1 is 1.17 bits per heavy atom. The Balaban J connectivity index is 1.95. The van der Waals surface area contributed by atoms with E-state index in [1.165, 1.54) is 11.1 Å². The zero-order valence-corrected chi connectivity index (χ0v) is 18.4. The molecule has 5 nitrogen and oxygen atoms in total. The van der Waals surface area contributed by atoms with Gasteiger partial charge in [0.05, 0.1) is 12.2 Å². The molecule has 1 aliphatic heterocycles. The fraction of sp³-hybridized carbons (Fsp3) is 0.520. The zero-order valence-electron chi connectivity index (χ0n) is 18.4. The lowest BCUT2D eigenvalue weighted by Gasteiger charge is -2.30. The van der Waals surface area contributed by atoms with Gasteiger partial charge >= 0.3 is 5.97 Å². The molecule has 2 heterocycles. The fourth-order valence-corrected chi connectivity index (χ4v) is 4.64. The number of aliphatic carboxylic acids is 1. The van der Waals surface area contributed by atoms with E-state index in [9.17, 15) is 9.90 Å². The highest BCUT2D eigenvalue weighted by molar-refractivity contribution is 5.83. The molecule has 1 atom stereocenters. The number of carboxylic acids is 1. The second kappa shape index (κ2) is 8.03. The Morgan fingerprint density at radius 3 is 2.67 bits per heavy atom. The van der Waals surface area contributed by atoms with Crippen molar-refractivity contribution in [2.75, 3.05) is 6.61 Å². The van der Waals surface area contributed by atoms with Crippen molar-refractivity contribution in [1.29, 1.82) is 0 Å². The van der Waals surface area contributed by atoms with E-state index in [0.29, 0.717) is 5.56 Å². The number of benzene rings is 1. The van der Waals surface area contributed by atoms with Crippen molar-refractivity contribution < 1.29 is 19.4 Å². The normalized spacial score (nSPS) is 16.9. The summed E-state index contributed by atoms with van der Waals surface area (Å²) in [5.41, 5.74) is 6.36. The molecule has 0 amide bonds. The fourth-order valence-electron chi connectivity index (χ4n) is 4.64. The molecule has 0 radical (unpaired) electrons. The monoisotopic (exact) mass is 409 g/mol. The molecule has 160 valence electrons. The van der Waals surface area contributed by atoms with Crippen LogP contribution in [0.2, 0.25) is 0 Å². The third-order valence-corrected chi connectivity index (χ3v) is 5.86. The van der Waals surface area contributed by atoms with Crippen LogP contribution in [0, 0.1) is 6.92 Å². The van der Waals surface area contributed by atoms with E-state index < -0.39 is 17.7 Å². The van der Waals surface area contributed by atoms with E-state index in [-0.39, 0.29) is 0 Å². The number of nitrogens with zero attached hydrogens (tertiary/aromatic N) is 1. The average molecular weight is 410 g/mol. The van der Waals surface area contributed by atoms with Crippen LogP contribution in [0.25, 0.3) is 11.1 Å². The van der Waals surface area contributed by atoms with E-state index in [2.05, 4.69) is 12.1 Å². The lowest BCUT2D eigenvalue weighted by atomic mass is 9.83. The van der Waals surface area contributed by atoms with Crippen molar-refractivity contribution in [3.05, 3.63) is 46.3 Å². The van der Waals surface area contributed by atoms with Gasteiger partial charge in [-0.05, 0) is 101 Å². The lowest BCUT2D eigenvalue weighted by molar-refractivity contribution is -0.160. The molecule has 0 bridgehead atoms. The van der Waals surface area contributed by atoms with E-state index in [1.54, 1.807) is 0 Å². The van der Waals surface area contributed by atoms with Crippen LogP contribution in [0.15, 0.2) is 18.2 Å². The van der Waals surface area contributed by atoms with Crippen LogP contribution in [0.1, 0.15) is 74.2 Å². The first kappa shape index (κ1) is 20.9. The Morgan fingerprint density at radius 2 is 1.93 bits per heavy atom. The first-order valence-electron chi connectivity index (χ1n) is 10.9. The van der Waals surface area contributed by atoms with E-state index in [1.807, 2.05) is 33.8 Å². The van der Waals surface area contributed by atoms with Crippen LogP contribution in [-0.2, 0) is 28.8 Å². The standard InChI is InChI=1S/C25H31NO4/c1-15-21(23(24(27)28)30-25(2,3)4)22(18-9-5-6-10-19(18)26-15)17-11-12-20-16(14-17)8-7-13-29-20/h11-12,14,23H,5-10,13H2,1-4H3,(H,27,28)/t23-/m0/s1. The smallest absolute Gasteiger partial charge is 0.337 e. The van der Waals surface area contributed by atoms with Crippen molar-refractivity contribution in [2.45, 2.75) is 77.9 Å². The molecule has 4 rings (SSSR count). The van der Waals surface area contributed by atoms with Gasteiger partial charge in [-0.1, -0.05) is 6.07 Å². The molecule has 30 heavy (non-hydrogen) atoms. The lowest BCUT2D eigenvalue weighted by Crippen LogP contribution is -2.29. The van der Waals surface area contributed by atoms with Gasteiger partial charge < -0.3 is 14.6 Å². The minimum Gasteiger partial charge on any atom is -0.493 e. The second-order valence-electron chi connectivity index (χ2n) is 9.34. The molecule has 0 unspecified atom stereocenters. The molecular formula is C25H31NO4. The Bertz CT molecular complexity index is 974. The Hall–Kier alpha value is -2.40. The van der Waals surface area contributed by atoms with Gasteiger partial charge in [-0.2, -0.15) is 0 Å². The molecule has 2 aliphatic rings. The molecule has 1 aromatic heterocycles. The molecule has 2 aromatic rings. The number of pyridine rings is 1. The highest BCUT2D eigenvalue weighted by Gasteiger charge is 2.34. The highest BCUT2D eigenvalue weighted by Crippen LogP contribution is 2.42. The molecule has 0 saturated carbocycles. The molecule has 1 aromatic carbocycles.